The molecule has 0 aromatic heterocycles. The molecule has 0 bridgehead atoms. The average Bonchev–Trinajstić information content (AvgIpc) is 2.73. The van der Waals surface area contributed by atoms with E-state index in [9.17, 15) is 9.59 Å². The van der Waals surface area contributed by atoms with E-state index in [4.69, 9.17) is 5.11 Å². The first-order valence-corrected chi connectivity index (χ1v) is 5.98. The van der Waals surface area contributed by atoms with E-state index in [0.29, 0.717) is 31.0 Å². The van der Waals surface area contributed by atoms with Gasteiger partial charge in [-0.1, -0.05) is 24.3 Å². The van der Waals surface area contributed by atoms with E-state index in [1.807, 2.05) is 24.3 Å². The molecule has 1 saturated carbocycles. The van der Waals surface area contributed by atoms with Crippen LogP contribution in [0.25, 0.3) is 0 Å². The summed E-state index contributed by atoms with van der Waals surface area (Å²) >= 11 is 0. The van der Waals surface area contributed by atoms with Gasteiger partial charge in [0.1, 0.15) is 5.78 Å². The Hall–Kier alpha value is -1.64. The quantitative estimate of drug-likeness (QED) is 0.867. The minimum Gasteiger partial charge on any atom is -0.481 e. The second kappa shape index (κ2) is 5.13. The molecule has 0 spiro atoms. The molecule has 1 unspecified atom stereocenters. The van der Waals surface area contributed by atoms with Crippen LogP contribution in [-0.4, -0.2) is 16.9 Å². The lowest BCUT2D eigenvalue weighted by Crippen LogP contribution is -2.03. The van der Waals surface area contributed by atoms with Crippen LogP contribution >= 0.6 is 0 Å². The fourth-order valence-electron chi connectivity index (χ4n) is 2.48. The van der Waals surface area contributed by atoms with Gasteiger partial charge in [0.2, 0.25) is 0 Å². The highest BCUT2D eigenvalue weighted by Gasteiger charge is 2.25. The smallest absolute Gasteiger partial charge is 0.303 e. The third kappa shape index (κ3) is 2.93. The molecule has 1 fully saturated rings. The van der Waals surface area contributed by atoms with E-state index >= 15 is 0 Å². The topological polar surface area (TPSA) is 54.4 Å². The molecule has 2 rings (SSSR count). The molecule has 0 heterocycles. The molecule has 1 N–H and O–H groups in total. The Kier molecular flexibility index (Phi) is 3.57. The van der Waals surface area contributed by atoms with Crippen molar-refractivity contribution in [3.8, 4) is 0 Å². The molecule has 0 saturated heterocycles. The second-order valence-electron chi connectivity index (χ2n) is 4.57. The van der Waals surface area contributed by atoms with Gasteiger partial charge < -0.3 is 5.11 Å². The first-order chi connectivity index (χ1) is 8.16. The van der Waals surface area contributed by atoms with Crippen LogP contribution in [0, 0.1) is 0 Å². The van der Waals surface area contributed by atoms with Crippen LogP contribution in [0.1, 0.15) is 42.7 Å². The molecular weight excluding hydrogens is 216 g/mol. The summed E-state index contributed by atoms with van der Waals surface area (Å²) in [7, 11) is 0. The molecule has 3 heteroatoms. The minimum atomic E-state index is -0.776. The number of aliphatic carboxylic acids is 1. The zero-order valence-electron chi connectivity index (χ0n) is 9.69. The summed E-state index contributed by atoms with van der Waals surface area (Å²) in [6.07, 6.45) is 2.89. The normalized spacial score (nSPS) is 19.5. The van der Waals surface area contributed by atoms with E-state index in [2.05, 4.69) is 0 Å². The first kappa shape index (κ1) is 11.8. The van der Waals surface area contributed by atoms with Crippen LogP contribution in [0.15, 0.2) is 24.3 Å². The van der Waals surface area contributed by atoms with Crippen molar-refractivity contribution in [1.82, 2.24) is 0 Å². The highest BCUT2D eigenvalue weighted by molar-refractivity contribution is 5.81. The largest absolute Gasteiger partial charge is 0.481 e. The van der Waals surface area contributed by atoms with Crippen molar-refractivity contribution in [2.75, 3.05) is 0 Å². The summed E-state index contributed by atoms with van der Waals surface area (Å²) in [4.78, 5) is 21.9. The van der Waals surface area contributed by atoms with Gasteiger partial charge in [-0.3, -0.25) is 9.59 Å². The van der Waals surface area contributed by atoms with Gasteiger partial charge in [-0.25, -0.2) is 0 Å². The summed E-state index contributed by atoms with van der Waals surface area (Å²) in [6.45, 7) is 0. The highest BCUT2D eigenvalue weighted by Crippen LogP contribution is 2.34. The molecule has 0 amide bonds. The number of carboxylic acids is 1. The van der Waals surface area contributed by atoms with Crippen molar-refractivity contribution in [2.45, 2.75) is 38.0 Å². The van der Waals surface area contributed by atoms with E-state index in [-0.39, 0.29) is 6.42 Å². The molecule has 1 aliphatic rings. The van der Waals surface area contributed by atoms with Gasteiger partial charge in [-0.15, -0.1) is 0 Å². The zero-order chi connectivity index (χ0) is 12.3. The van der Waals surface area contributed by atoms with Gasteiger partial charge in [0.25, 0.3) is 0 Å². The number of Topliss-reactive ketones (excluding diaryl/α,β-unsaturated/α-hetero) is 1. The van der Waals surface area contributed by atoms with Crippen LogP contribution < -0.4 is 0 Å². The SMILES string of the molecule is O=C(O)CCc1ccccc1C1CCC(=O)C1. The Bertz CT molecular complexity index is 437. The summed E-state index contributed by atoms with van der Waals surface area (Å²) < 4.78 is 0. The summed E-state index contributed by atoms with van der Waals surface area (Å²) in [5.74, 6) is -0.155. The van der Waals surface area contributed by atoms with Crippen molar-refractivity contribution in [3.63, 3.8) is 0 Å². The number of rotatable bonds is 4. The third-order valence-corrected chi connectivity index (χ3v) is 3.35. The van der Waals surface area contributed by atoms with Crippen molar-refractivity contribution < 1.29 is 14.7 Å². The molecule has 0 radical (unpaired) electrons. The standard InChI is InChI=1S/C14H16O3/c15-12-7-5-11(9-12)13-4-2-1-3-10(13)6-8-14(16)17/h1-4,11H,5-9H2,(H,16,17). The third-order valence-electron chi connectivity index (χ3n) is 3.35. The predicted molar refractivity (Wildman–Crippen MR) is 64.0 cm³/mol. The maximum absolute atomic E-state index is 11.3. The number of carbonyl (C=O) groups is 2. The van der Waals surface area contributed by atoms with E-state index in [0.717, 1.165) is 12.0 Å². The number of carbonyl (C=O) groups excluding carboxylic acids is 1. The summed E-state index contributed by atoms with van der Waals surface area (Å²) in [5, 5.41) is 8.72. The number of benzene rings is 1. The Morgan fingerprint density at radius 3 is 2.76 bits per heavy atom. The van der Waals surface area contributed by atoms with E-state index in [1.165, 1.54) is 5.56 Å². The summed E-state index contributed by atoms with van der Waals surface area (Å²) in [6, 6.07) is 7.89. The second-order valence-corrected chi connectivity index (χ2v) is 4.57. The van der Waals surface area contributed by atoms with E-state index in [1.54, 1.807) is 0 Å². The lowest BCUT2D eigenvalue weighted by Gasteiger charge is -2.13. The van der Waals surface area contributed by atoms with Crippen LogP contribution in [0.3, 0.4) is 0 Å². The lowest BCUT2D eigenvalue weighted by atomic mass is 9.91. The zero-order valence-corrected chi connectivity index (χ0v) is 9.69. The molecule has 1 aromatic rings. The average molecular weight is 232 g/mol. The van der Waals surface area contributed by atoms with Crippen LogP contribution in [0.5, 0.6) is 0 Å². The number of hydrogen-bond acceptors (Lipinski definition) is 2. The van der Waals surface area contributed by atoms with Crippen molar-refractivity contribution in [1.29, 1.82) is 0 Å². The molecule has 3 nitrogen and oxygen atoms in total. The van der Waals surface area contributed by atoms with Gasteiger partial charge >= 0.3 is 5.97 Å². The van der Waals surface area contributed by atoms with Gasteiger partial charge in [0.05, 0.1) is 0 Å². The van der Waals surface area contributed by atoms with Crippen LogP contribution in [0.2, 0.25) is 0 Å². The number of hydrogen-bond donors (Lipinski definition) is 1. The number of aryl methyl sites for hydroxylation is 1. The maximum Gasteiger partial charge on any atom is 0.303 e. The van der Waals surface area contributed by atoms with Crippen LogP contribution in [-0.2, 0) is 16.0 Å². The van der Waals surface area contributed by atoms with Gasteiger partial charge in [0.15, 0.2) is 0 Å². The lowest BCUT2D eigenvalue weighted by molar-refractivity contribution is -0.137. The fraction of sp³-hybridized carbons (Fsp3) is 0.429. The molecule has 1 aromatic carbocycles. The van der Waals surface area contributed by atoms with Crippen LogP contribution in [0.4, 0.5) is 0 Å². The summed E-state index contributed by atoms with van der Waals surface area (Å²) in [5.41, 5.74) is 2.24. The van der Waals surface area contributed by atoms with Crippen molar-refractivity contribution in [2.24, 2.45) is 0 Å². The van der Waals surface area contributed by atoms with Gasteiger partial charge in [0, 0.05) is 19.3 Å². The number of ketones is 1. The molecule has 17 heavy (non-hydrogen) atoms. The minimum absolute atomic E-state index is 0.150. The fourth-order valence-corrected chi connectivity index (χ4v) is 2.48. The highest BCUT2D eigenvalue weighted by atomic mass is 16.4. The Balaban J connectivity index is 2.15. The molecule has 1 aliphatic carbocycles. The monoisotopic (exact) mass is 232 g/mol. The Morgan fingerprint density at radius 1 is 1.35 bits per heavy atom. The molecule has 0 aliphatic heterocycles. The predicted octanol–water partition coefficient (Wildman–Crippen LogP) is 2.54. The molecular formula is C14H16O3. The first-order valence-electron chi connectivity index (χ1n) is 5.98. The molecule has 90 valence electrons. The Labute approximate surface area is 100 Å². The van der Waals surface area contributed by atoms with Crippen molar-refractivity contribution >= 4 is 11.8 Å². The van der Waals surface area contributed by atoms with E-state index < -0.39 is 5.97 Å². The number of carboxylic acid groups (broad SMARTS) is 1. The van der Waals surface area contributed by atoms with Crippen molar-refractivity contribution in [3.05, 3.63) is 35.4 Å². The van der Waals surface area contributed by atoms with Gasteiger partial charge in [-0.05, 0) is 29.9 Å². The Morgan fingerprint density at radius 2 is 2.12 bits per heavy atom. The van der Waals surface area contributed by atoms with Gasteiger partial charge in [-0.2, -0.15) is 0 Å². The maximum atomic E-state index is 11.3. The molecule has 1 atom stereocenters.